The molecule has 77 valence electrons. The zero-order valence-electron chi connectivity index (χ0n) is 7.88. The van der Waals surface area contributed by atoms with Gasteiger partial charge in [-0.15, -0.1) is 0 Å². The molecule has 1 aromatic carbocycles. The fourth-order valence-corrected chi connectivity index (χ4v) is 2.41. The second-order valence-corrected chi connectivity index (χ2v) is 6.17. The maximum Gasteiger partial charge on any atom is 1.00 e. The van der Waals surface area contributed by atoms with Crippen LogP contribution < -0.4 is 48.9 Å². The Hall–Kier alpha value is 0.248. The van der Waals surface area contributed by atoms with Crippen LogP contribution in [0.25, 0.3) is 0 Å². The van der Waals surface area contributed by atoms with Crippen molar-refractivity contribution in [3.63, 3.8) is 0 Å². The number of nitrogens with two attached hydrogens (primary N) is 2. The van der Waals surface area contributed by atoms with Gasteiger partial charge in [0.1, 0.15) is 0 Å². The Bertz CT molecular complexity index is 490. The Morgan fingerprint density at radius 2 is 1.87 bits per heavy atom. The molecule has 0 saturated carbocycles. The summed E-state index contributed by atoms with van der Waals surface area (Å²) in [7, 11) is -3.84. The van der Waals surface area contributed by atoms with Crippen molar-refractivity contribution >= 4 is 35.0 Å². The molecular weight excluding hydrogens is 294 g/mol. The third-order valence-corrected chi connectivity index (χ3v) is 4.12. The number of hydrogen-bond donors (Lipinski definition) is 2. The molecule has 1 unspecified atom stereocenters. The van der Waals surface area contributed by atoms with Crippen molar-refractivity contribution in [2.75, 3.05) is 5.73 Å². The Labute approximate surface area is 114 Å². The zero-order valence-corrected chi connectivity index (χ0v) is 12.6. The van der Waals surface area contributed by atoms with Gasteiger partial charge in [0.15, 0.2) is 0 Å². The molecule has 1 aromatic rings. The van der Waals surface area contributed by atoms with Crippen LogP contribution in [0.3, 0.4) is 0 Å². The van der Waals surface area contributed by atoms with E-state index in [9.17, 15) is 16.3 Å². The van der Waals surface area contributed by atoms with E-state index in [0.717, 1.165) is 18.2 Å². The summed E-state index contributed by atoms with van der Waals surface area (Å²) in [6.07, 6.45) is 0. The summed E-state index contributed by atoms with van der Waals surface area (Å²) in [6.45, 7) is 0. The second-order valence-electron chi connectivity index (χ2n) is 2.52. The van der Waals surface area contributed by atoms with Gasteiger partial charge < -0.3 is 0 Å². The fourth-order valence-electron chi connectivity index (χ4n) is 0.876. The summed E-state index contributed by atoms with van der Waals surface area (Å²) in [4.78, 5) is -0.199. The molecule has 9 heteroatoms. The van der Waals surface area contributed by atoms with Gasteiger partial charge in [-0.1, -0.05) is 0 Å². The first-order valence-electron chi connectivity index (χ1n) is 3.39. The number of benzene rings is 1. The van der Waals surface area contributed by atoms with Crippen LogP contribution in [0.2, 0.25) is 0 Å². The van der Waals surface area contributed by atoms with Gasteiger partial charge in [0.25, 0.3) is 0 Å². The number of nitrogen functional groups attached to an aromatic ring is 1. The van der Waals surface area contributed by atoms with Gasteiger partial charge in [0, 0.05) is 0 Å². The molecule has 1 rings (SSSR count). The molecule has 0 aliphatic rings. The van der Waals surface area contributed by atoms with Crippen LogP contribution in [0.1, 0.15) is 0 Å². The predicted molar refractivity (Wildman–Crippen MR) is 48.3 cm³/mol. The first-order chi connectivity index (χ1) is 6.32. The van der Waals surface area contributed by atoms with Gasteiger partial charge in [0.05, 0.1) is 0 Å². The van der Waals surface area contributed by atoms with Crippen molar-refractivity contribution in [3.05, 3.63) is 18.2 Å². The summed E-state index contributed by atoms with van der Waals surface area (Å²) < 4.78 is 42.9. The van der Waals surface area contributed by atoms with Crippen LogP contribution in [0.4, 0.5) is 5.69 Å². The molecular formula is C6H7AsN2NaO4S. The van der Waals surface area contributed by atoms with Crippen LogP contribution in [0.5, 0.6) is 0 Å². The van der Waals surface area contributed by atoms with Crippen molar-refractivity contribution in [2.24, 2.45) is 5.14 Å². The van der Waals surface area contributed by atoms with Gasteiger partial charge in [0.2, 0.25) is 0 Å². The maximum absolute atomic E-state index is 10.8. The van der Waals surface area contributed by atoms with Crippen LogP contribution >= 0.6 is 0 Å². The minimum absolute atomic E-state index is 0. The van der Waals surface area contributed by atoms with Crippen molar-refractivity contribution in [1.29, 1.82) is 0 Å². The molecule has 0 heterocycles. The quantitative estimate of drug-likeness (QED) is 0.416. The summed E-state index contributed by atoms with van der Waals surface area (Å²) in [6, 6.07) is 3.27. The van der Waals surface area contributed by atoms with Gasteiger partial charge in [-0.25, -0.2) is 0 Å². The molecule has 4 N–H and O–H groups in total. The number of anilines is 1. The minimum Gasteiger partial charge on any atom is 1.00 e. The molecule has 6 nitrogen and oxygen atoms in total. The normalized spacial score (nSPS) is 11.7. The van der Waals surface area contributed by atoms with Crippen LogP contribution in [0, 0.1) is 0 Å². The Balaban J connectivity index is 0.00000196. The van der Waals surface area contributed by atoms with E-state index in [4.69, 9.17) is 10.9 Å². The molecule has 1 atom stereocenters. The molecule has 0 fully saturated rings. The Morgan fingerprint density at radius 3 is 2.20 bits per heavy atom. The van der Waals surface area contributed by atoms with E-state index < -0.39 is 25.0 Å². The van der Waals surface area contributed by atoms with Crippen LogP contribution in [0.15, 0.2) is 23.1 Å². The average molecular weight is 301 g/mol. The van der Waals surface area contributed by atoms with Gasteiger partial charge >= 0.3 is 115 Å². The monoisotopic (exact) mass is 301 g/mol. The Morgan fingerprint density at radius 1 is 1.33 bits per heavy atom. The van der Waals surface area contributed by atoms with Crippen molar-refractivity contribution in [1.82, 2.24) is 0 Å². The van der Waals surface area contributed by atoms with Crippen molar-refractivity contribution in [2.45, 2.75) is 4.90 Å². The second kappa shape index (κ2) is 5.54. The van der Waals surface area contributed by atoms with E-state index in [-0.39, 0.29) is 44.5 Å². The Kier molecular flexibility index (Phi) is 5.63. The summed E-state index contributed by atoms with van der Waals surface area (Å²) in [5.74, 6) is 0. The van der Waals surface area contributed by atoms with Crippen molar-refractivity contribution < 1.29 is 45.8 Å². The van der Waals surface area contributed by atoms with Crippen LogP contribution in [-0.2, 0) is 13.8 Å². The molecule has 1 radical (unpaired) electrons. The molecule has 0 bridgehead atoms. The summed E-state index contributed by atoms with van der Waals surface area (Å²) in [5.41, 5.74) is 5.24. The first kappa shape index (κ1) is 15.2. The zero-order chi connectivity index (χ0) is 10.9. The van der Waals surface area contributed by atoms with E-state index in [1.807, 2.05) is 0 Å². The molecule has 0 aromatic heterocycles. The first-order valence-corrected chi connectivity index (χ1v) is 7.41. The molecule has 0 aliphatic heterocycles. The number of rotatable bonds is 2. The summed E-state index contributed by atoms with van der Waals surface area (Å²) >= 11 is -3.57. The number of hydrogen-bond acceptors (Lipinski definition) is 5. The largest absolute Gasteiger partial charge is 1.00 e. The smallest absolute Gasteiger partial charge is 1.00 e. The predicted octanol–water partition coefficient (Wildman–Crippen LogP) is -5.59. The van der Waals surface area contributed by atoms with Crippen LogP contribution in [-0.4, -0.2) is 23.3 Å². The third kappa shape index (κ3) is 3.95. The van der Waals surface area contributed by atoms with E-state index in [1.165, 1.54) is 0 Å². The third-order valence-electron chi connectivity index (χ3n) is 1.52. The topological polar surface area (TPSA) is 126 Å². The minimum atomic E-state index is -3.84. The molecule has 15 heavy (non-hydrogen) atoms. The van der Waals surface area contributed by atoms with Crippen molar-refractivity contribution in [3.8, 4) is 0 Å². The van der Waals surface area contributed by atoms with E-state index in [0.29, 0.717) is 0 Å². The molecule has 0 amide bonds. The SMILES string of the molecule is Nc1cc(S(N)(=O)=O)ccc1[As](=O)[O-].[Na+]. The number of primary sulfonamides is 1. The van der Waals surface area contributed by atoms with E-state index in [1.54, 1.807) is 0 Å². The van der Waals surface area contributed by atoms with E-state index >= 15 is 0 Å². The number of sulfonamides is 1. The molecule has 0 saturated heterocycles. The fraction of sp³-hybridized carbons (Fsp3) is 0. The van der Waals surface area contributed by atoms with Gasteiger partial charge in [-0.3, -0.25) is 0 Å². The molecule has 0 spiro atoms. The maximum atomic E-state index is 10.8. The standard InChI is InChI=1S/C6H7AsN2O4S.Na/c8-6-3-4(14(9,12)13)1-2-5(6)7(10)11;/h1-3H,8H2,(H2-,9,10,11,12,13);/q-1;+1. The summed E-state index contributed by atoms with van der Waals surface area (Å²) in [5, 5.41) is 4.82. The molecule has 0 aliphatic carbocycles. The van der Waals surface area contributed by atoms with Gasteiger partial charge in [-0.2, -0.15) is 0 Å². The van der Waals surface area contributed by atoms with E-state index in [2.05, 4.69) is 0 Å². The average Bonchev–Trinajstić information content (AvgIpc) is 2.01. The van der Waals surface area contributed by atoms with Gasteiger partial charge in [-0.05, 0) is 0 Å².